The zero-order valence-electron chi connectivity index (χ0n) is 78.7. The summed E-state index contributed by atoms with van der Waals surface area (Å²) in [6.45, 7) is 5.97. The summed E-state index contributed by atoms with van der Waals surface area (Å²) in [5, 5.41) is 46.3. The number of anilines is 2. The molecular formula is C108H116Br4Cl3N7O17. The molecule has 0 saturated heterocycles. The molecule has 15 aliphatic rings. The molecule has 23 rings (SSSR count). The average molecular weight is 2210 g/mol. The van der Waals surface area contributed by atoms with Crippen LogP contribution < -0.4 is 11.5 Å². The lowest BCUT2D eigenvalue weighted by Crippen LogP contribution is -2.39. The summed E-state index contributed by atoms with van der Waals surface area (Å²) in [6, 6.07) is 29.7. The van der Waals surface area contributed by atoms with E-state index in [0.717, 1.165) is 194 Å². The summed E-state index contributed by atoms with van der Waals surface area (Å²) >= 11 is 27.7. The maximum absolute atomic E-state index is 11.7. The predicted octanol–water partition coefficient (Wildman–Crippen LogP) is 25.3. The van der Waals surface area contributed by atoms with Gasteiger partial charge in [0.2, 0.25) is 11.0 Å². The quantitative estimate of drug-likeness (QED) is 0.0158. The average Bonchev–Trinajstić information content (AvgIpc) is 1.49. The lowest BCUT2D eigenvalue weighted by molar-refractivity contribution is -0.537. The number of alkyl halides is 2. The van der Waals surface area contributed by atoms with Crippen molar-refractivity contribution in [1.29, 1.82) is 0 Å². The molecule has 0 radical (unpaired) electrons. The van der Waals surface area contributed by atoms with Crippen LogP contribution in [0.2, 0.25) is 0 Å². The standard InChI is InChI=1S/C12H13ClO.C12H14N2O2.2C12H11NO3.C12H15N.2C12H12O.C9H10.C7H3Br4NO3.C5H11NO2.C3H4Cl2O/c13-7-6-12(14)11-5-4-9-2-1-3-10(9)8-11;13-11-7-3-1-5-9(7)12(14(15)16)10-6-2-4-8(10)11;14-10-5-4-8-6-7-2-1-3-9(7)12(11(8)10)13(15)16;14-11-5-4-9-10(11)6-7-2-1-3-8(7)12(9)13(15)16;13-12-10-5-1-3-8(10)7-9-4-2-6-11(9)12;13-12-5-4-10-6-8-2-1-3-9(8)7-11(10)12;13-12-7-6-10-9-3-1-2-8(9)4-5-11(10)12;1-2-5-9-7-3-6-8(9)4-1;1-7(12(14)15)5(10)2(8)4(13)3(9)6(7)11;1-5(2)3-4-8-6-7;4-2-1-3(5)6/h4-5,8H,1-3,6-7H2;1-6,13H2;2*6H,1-5H2;7H,1-6,13H2;6-7H,1-5H2;4-5H,1-3,6-7H2;1-2,4-5H,3,6-7H2;1H3;5H,3-4H2,1-2H3;1-2H2. The second-order valence-electron chi connectivity index (χ2n) is 37.9. The fourth-order valence-corrected chi connectivity index (χ4v) is 25.1. The highest BCUT2D eigenvalue weighted by Crippen LogP contribution is 2.50. The van der Waals surface area contributed by atoms with Gasteiger partial charge in [-0.15, -0.1) is 28.1 Å². The van der Waals surface area contributed by atoms with Gasteiger partial charge in [0.15, 0.2) is 34.3 Å². The number of carbonyl (C=O) groups excluding carboxylic acids is 7. The summed E-state index contributed by atoms with van der Waals surface area (Å²) in [5.74, 6) is 1.84. The second-order valence-corrected chi connectivity index (χ2v) is 42.3. The third-order valence-electron chi connectivity index (χ3n) is 28.9. The summed E-state index contributed by atoms with van der Waals surface area (Å²) < 4.78 is 0.689. The maximum Gasteiger partial charge on any atom is 0.284 e. The molecule has 0 spiro atoms. The van der Waals surface area contributed by atoms with Gasteiger partial charge in [-0.25, -0.2) is 0 Å². The van der Waals surface area contributed by atoms with Crippen molar-refractivity contribution < 1.29 is 58.1 Å². The molecule has 31 heteroatoms. The number of benzene rings is 8. The van der Waals surface area contributed by atoms with E-state index in [4.69, 9.17) is 46.3 Å². The van der Waals surface area contributed by atoms with Crippen LogP contribution in [0.15, 0.2) is 108 Å². The van der Waals surface area contributed by atoms with Crippen molar-refractivity contribution >= 4 is 167 Å². The molecule has 0 amide bonds. The number of halogens is 7. The van der Waals surface area contributed by atoms with Crippen LogP contribution in [0.1, 0.15) is 315 Å². The van der Waals surface area contributed by atoms with Crippen LogP contribution in [0.5, 0.6) is 0 Å². The largest absolute Gasteiger partial charge is 0.398 e. The molecule has 8 aromatic rings. The molecule has 15 aliphatic carbocycles. The molecule has 8 aromatic carbocycles. The third-order valence-corrected chi connectivity index (χ3v) is 34.4. The Balaban J connectivity index is 0.000000130. The normalized spacial score (nSPS) is 16.9. The summed E-state index contributed by atoms with van der Waals surface area (Å²) in [5.41, 5.74) is 47.2. The zero-order chi connectivity index (χ0) is 99.8. The Hall–Kier alpha value is -9.68. The molecule has 0 bridgehead atoms. The monoisotopic (exact) mass is 2200 g/mol. The van der Waals surface area contributed by atoms with Gasteiger partial charge in [0, 0.05) is 124 Å². The molecule has 0 heterocycles. The van der Waals surface area contributed by atoms with Crippen molar-refractivity contribution in [3.05, 3.63) is 310 Å². The van der Waals surface area contributed by atoms with Crippen LogP contribution in [0, 0.1) is 51.3 Å². The molecular weight excluding hydrogens is 2090 g/mol. The molecule has 24 nitrogen and oxygen atoms in total. The van der Waals surface area contributed by atoms with E-state index in [0.29, 0.717) is 90.3 Å². The first-order chi connectivity index (χ1) is 66.7. The Bertz CT molecular complexity index is 6180. The Kier molecular flexibility index (Phi) is 37.5. The lowest BCUT2D eigenvalue weighted by Gasteiger charge is -2.25. The van der Waals surface area contributed by atoms with E-state index in [2.05, 4.69) is 142 Å². The van der Waals surface area contributed by atoms with Gasteiger partial charge in [-0.3, -0.25) is 74.0 Å². The molecule has 0 aliphatic heterocycles. The molecule has 139 heavy (non-hydrogen) atoms. The Morgan fingerprint density at radius 2 is 0.777 bits per heavy atom. The van der Waals surface area contributed by atoms with Gasteiger partial charge >= 0.3 is 0 Å². The van der Waals surface area contributed by atoms with Crippen LogP contribution in [0.25, 0.3) is 0 Å². The smallest absolute Gasteiger partial charge is 0.284 e. The SMILES string of the molecule is CC(C)CCON=O.CC1([N+](=O)[O-])C(Br)=C(Br)C(=O)C(Br)=C1Br.Nc1c2c(c([N+](=O)[O-])c3c1CCC3)CCC2.Nc1c2c(cc3c1CCC3)CCC2.O=C(CCCl)c1ccc2c(c1)CCC2.O=C(Cl)CCCl.O=C1CCc2c1cc1c(c2[N+](=O)[O-])CCC1.O=C1CCc2c1ccc1c2CCC1.O=C1CCc2cc3c(c([N+](=O)[O-])c21)CCC3.O=C1CCc2cc3c(cc21)CCC3.c1ccc2c(c1)CCC2. The van der Waals surface area contributed by atoms with E-state index < -0.39 is 10.5 Å². The number of nitrogens with zero attached hydrogens (tertiary/aromatic N) is 5. The number of allylic oxidation sites excluding steroid dienone is 2. The first-order valence-corrected chi connectivity index (χ1v) is 53.1. The number of hydrogen-bond donors (Lipinski definition) is 2. The zero-order valence-corrected chi connectivity index (χ0v) is 87.4. The van der Waals surface area contributed by atoms with Crippen molar-refractivity contribution in [3.63, 3.8) is 0 Å². The summed E-state index contributed by atoms with van der Waals surface area (Å²) in [6.07, 6.45) is 40.2. The first-order valence-electron chi connectivity index (χ1n) is 48.5. The number of aryl methyl sites for hydroxylation is 13. The van der Waals surface area contributed by atoms with E-state index in [1.165, 1.54) is 183 Å². The van der Waals surface area contributed by atoms with Crippen molar-refractivity contribution in [2.75, 3.05) is 29.8 Å². The summed E-state index contributed by atoms with van der Waals surface area (Å²) in [4.78, 5) is 136. The van der Waals surface area contributed by atoms with E-state index in [-0.39, 0.29) is 78.9 Å². The molecule has 4 N–H and O–H groups in total. The van der Waals surface area contributed by atoms with E-state index in [1.807, 2.05) is 30.3 Å². The fraction of sp³-hybridized carbons (Fsp3) is 0.454. The van der Waals surface area contributed by atoms with Crippen molar-refractivity contribution in [2.45, 2.75) is 290 Å². The van der Waals surface area contributed by atoms with Crippen molar-refractivity contribution in [2.24, 2.45) is 11.3 Å². The van der Waals surface area contributed by atoms with Gasteiger partial charge in [-0.1, -0.05) is 80.6 Å². The van der Waals surface area contributed by atoms with Crippen LogP contribution in [0.3, 0.4) is 0 Å². The maximum atomic E-state index is 11.7. The number of hydrogen-bond acceptors (Lipinski definition) is 20. The van der Waals surface area contributed by atoms with Gasteiger partial charge in [0.25, 0.3) is 22.6 Å². The molecule has 0 unspecified atom stereocenters. The van der Waals surface area contributed by atoms with Crippen molar-refractivity contribution in [3.8, 4) is 0 Å². The molecule has 734 valence electrons. The number of rotatable bonds is 13. The number of nitro groups is 4. The van der Waals surface area contributed by atoms with Gasteiger partial charge in [0.05, 0.1) is 38.3 Å². The van der Waals surface area contributed by atoms with Crippen LogP contribution >= 0.6 is 98.5 Å². The number of nitrogens with two attached hydrogens (primary N) is 2. The van der Waals surface area contributed by atoms with E-state index in [9.17, 15) is 78.9 Å². The molecule has 0 saturated carbocycles. The highest BCUT2D eigenvalue weighted by Gasteiger charge is 2.51. The van der Waals surface area contributed by atoms with Crippen LogP contribution in [-0.4, -0.2) is 83.5 Å². The van der Waals surface area contributed by atoms with Crippen LogP contribution in [0.4, 0.5) is 28.4 Å². The first kappa shape index (κ1) is 107. The fourth-order valence-electron chi connectivity index (χ4n) is 21.8. The highest BCUT2D eigenvalue weighted by molar-refractivity contribution is 9.15. The number of ketones is 6. The van der Waals surface area contributed by atoms with Crippen LogP contribution in [-0.2, 0) is 169 Å². The van der Waals surface area contributed by atoms with E-state index >= 15 is 0 Å². The minimum atomic E-state index is -1.48. The molecule has 0 fully saturated rings. The van der Waals surface area contributed by atoms with Gasteiger partial charge in [-0.05, 0) is 430 Å². The minimum Gasteiger partial charge on any atom is -0.398 e. The van der Waals surface area contributed by atoms with Gasteiger partial charge in [0.1, 0.15) is 6.61 Å². The van der Waals surface area contributed by atoms with E-state index in [1.54, 1.807) is 11.1 Å². The number of nitrogen functional groups attached to an aromatic ring is 2. The number of fused-ring (bicyclic) bond motifs is 15. The van der Waals surface area contributed by atoms with Gasteiger partial charge < -0.3 is 16.3 Å². The third kappa shape index (κ3) is 24.6. The van der Waals surface area contributed by atoms with Gasteiger partial charge in [-0.2, -0.15) is 0 Å². The number of Topliss-reactive ketones (excluding diaryl/α,β-unsaturated/α-hetero) is 6. The topological polar surface area (TPSA) is 383 Å². The molecule has 0 aromatic heterocycles. The number of nitro benzene ring substituents is 3. The highest BCUT2D eigenvalue weighted by atomic mass is 79.9. The molecule has 0 atom stereocenters. The second kappa shape index (κ2) is 48.9. The Labute approximate surface area is 858 Å². The lowest BCUT2D eigenvalue weighted by atomic mass is 9.96. The minimum absolute atomic E-state index is 0.0589. The number of carbonyl (C=O) groups is 7. The van der Waals surface area contributed by atoms with Crippen molar-refractivity contribution in [1.82, 2.24) is 0 Å². The summed E-state index contributed by atoms with van der Waals surface area (Å²) in [7, 11) is 0. The Morgan fingerprint density at radius 1 is 0.396 bits per heavy atom. The predicted molar refractivity (Wildman–Crippen MR) is 558 cm³/mol. The Morgan fingerprint density at radius 3 is 1.30 bits per heavy atom.